The number of carbonyl (C=O) groups excluding carboxylic acids is 1. The topological polar surface area (TPSA) is 50.4 Å². The summed E-state index contributed by atoms with van der Waals surface area (Å²) in [6.45, 7) is 4.31. The van der Waals surface area contributed by atoms with Gasteiger partial charge in [0.25, 0.3) is 0 Å². The average molecular weight is 307 g/mol. The molecule has 6 heteroatoms. The normalized spacial score (nSPS) is 10.1. The van der Waals surface area contributed by atoms with Gasteiger partial charge in [0.1, 0.15) is 0 Å². The van der Waals surface area contributed by atoms with Gasteiger partial charge in [-0.1, -0.05) is 0 Å². The zero-order chi connectivity index (χ0) is 11.8. The van der Waals surface area contributed by atoms with Crippen LogP contribution in [0.5, 0.6) is 0 Å². The quantitative estimate of drug-likeness (QED) is 0.793. The lowest BCUT2D eigenvalue weighted by Gasteiger charge is -2.05. The van der Waals surface area contributed by atoms with Gasteiger partial charge in [-0.25, -0.2) is 4.79 Å². The van der Waals surface area contributed by atoms with E-state index >= 15 is 0 Å². The molecule has 1 amide bonds. The summed E-state index contributed by atoms with van der Waals surface area (Å²) in [7, 11) is 0. The highest BCUT2D eigenvalue weighted by molar-refractivity contribution is 9.10. The molecule has 0 aromatic carbocycles. The fraction of sp³-hybridized carbons (Fsp3) is 0.500. The van der Waals surface area contributed by atoms with Crippen LogP contribution in [0.25, 0.3) is 0 Å². The van der Waals surface area contributed by atoms with Gasteiger partial charge in [0.15, 0.2) is 0 Å². The Morgan fingerprint density at radius 3 is 3.00 bits per heavy atom. The Labute approximate surface area is 108 Å². The van der Waals surface area contributed by atoms with E-state index in [1.807, 2.05) is 5.38 Å². The first kappa shape index (κ1) is 13.5. The van der Waals surface area contributed by atoms with E-state index in [4.69, 9.17) is 4.74 Å². The number of thiophene rings is 1. The largest absolute Gasteiger partial charge is 0.450 e. The molecule has 0 spiro atoms. The molecule has 0 aliphatic heterocycles. The molecule has 0 aliphatic rings. The predicted molar refractivity (Wildman–Crippen MR) is 68.8 cm³/mol. The minimum absolute atomic E-state index is 0.358. The summed E-state index contributed by atoms with van der Waals surface area (Å²) in [5, 5.41) is 7.93. The minimum Gasteiger partial charge on any atom is -0.450 e. The summed E-state index contributed by atoms with van der Waals surface area (Å²) in [5.74, 6) is 0. The molecule has 0 saturated heterocycles. The van der Waals surface area contributed by atoms with Crippen LogP contribution < -0.4 is 10.6 Å². The summed E-state index contributed by atoms with van der Waals surface area (Å²) in [6.07, 6.45) is -0.358. The average Bonchev–Trinajstić information content (AvgIpc) is 2.64. The van der Waals surface area contributed by atoms with Crippen LogP contribution in [0.4, 0.5) is 4.79 Å². The van der Waals surface area contributed by atoms with Crippen molar-refractivity contribution in [1.29, 1.82) is 0 Å². The van der Waals surface area contributed by atoms with Crippen molar-refractivity contribution < 1.29 is 9.53 Å². The number of ether oxygens (including phenoxy) is 1. The molecule has 1 heterocycles. The molecular formula is C10H15BrN2O2S. The van der Waals surface area contributed by atoms with E-state index in [1.54, 1.807) is 18.3 Å². The Hall–Kier alpha value is -0.590. The first-order chi connectivity index (χ1) is 7.72. The van der Waals surface area contributed by atoms with Crippen LogP contribution in [0.1, 0.15) is 11.8 Å². The third kappa shape index (κ3) is 5.48. The van der Waals surface area contributed by atoms with Crippen molar-refractivity contribution in [3.8, 4) is 0 Å². The Morgan fingerprint density at radius 1 is 1.56 bits per heavy atom. The first-order valence-electron chi connectivity index (χ1n) is 5.06. The van der Waals surface area contributed by atoms with E-state index < -0.39 is 0 Å². The second-order valence-electron chi connectivity index (χ2n) is 3.06. The smallest absolute Gasteiger partial charge is 0.407 e. The molecule has 1 aromatic rings. The van der Waals surface area contributed by atoms with Crippen molar-refractivity contribution in [1.82, 2.24) is 10.6 Å². The second-order valence-corrected chi connectivity index (χ2v) is 4.97. The van der Waals surface area contributed by atoms with Gasteiger partial charge < -0.3 is 15.4 Å². The molecule has 90 valence electrons. The van der Waals surface area contributed by atoms with Crippen molar-refractivity contribution in [3.05, 3.63) is 20.8 Å². The second kappa shape index (κ2) is 7.65. The monoisotopic (exact) mass is 306 g/mol. The highest BCUT2D eigenvalue weighted by Crippen LogP contribution is 2.19. The van der Waals surface area contributed by atoms with Gasteiger partial charge in [-0.3, -0.25) is 0 Å². The van der Waals surface area contributed by atoms with E-state index in [9.17, 15) is 4.79 Å². The van der Waals surface area contributed by atoms with Gasteiger partial charge in [0.05, 0.1) is 6.61 Å². The molecule has 4 nitrogen and oxygen atoms in total. The maximum Gasteiger partial charge on any atom is 0.407 e. The third-order valence-corrected chi connectivity index (χ3v) is 3.47. The van der Waals surface area contributed by atoms with Gasteiger partial charge in [-0.15, -0.1) is 11.3 Å². The molecule has 0 unspecified atom stereocenters. The van der Waals surface area contributed by atoms with Gasteiger partial charge in [-0.2, -0.15) is 0 Å². The zero-order valence-corrected chi connectivity index (χ0v) is 11.5. The standard InChI is InChI=1S/C10H15BrN2O2S/c1-2-15-10(14)13-4-3-12-6-9-5-8(11)7-16-9/h5,7,12H,2-4,6H2,1H3,(H,13,14). The van der Waals surface area contributed by atoms with Crippen LogP contribution in [-0.2, 0) is 11.3 Å². The number of amides is 1. The van der Waals surface area contributed by atoms with E-state index in [2.05, 4.69) is 32.6 Å². The van der Waals surface area contributed by atoms with Gasteiger partial charge in [0, 0.05) is 34.4 Å². The van der Waals surface area contributed by atoms with Gasteiger partial charge in [0.2, 0.25) is 0 Å². The summed E-state index contributed by atoms with van der Waals surface area (Å²) >= 11 is 5.10. The third-order valence-electron chi connectivity index (χ3n) is 1.77. The molecule has 0 bridgehead atoms. The molecule has 0 fully saturated rings. The lowest BCUT2D eigenvalue weighted by atomic mass is 10.4. The molecule has 0 saturated carbocycles. The molecular weight excluding hydrogens is 292 g/mol. The molecule has 0 aliphatic carbocycles. The summed E-state index contributed by atoms with van der Waals surface area (Å²) in [6, 6.07) is 2.08. The number of alkyl carbamates (subject to hydrolysis) is 1. The summed E-state index contributed by atoms with van der Waals surface area (Å²) < 4.78 is 5.84. The van der Waals surface area contributed by atoms with Crippen LogP contribution in [0, 0.1) is 0 Å². The van der Waals surface area contributed by atoms with Crippen molar-refractivity contribution in [2.75, 3.05) is 19.7 Å². The zero-order valence-electron chi connectivity index (χ0n) is 9.09. The highest BCUT2D eigenvalue weighted by Gasteiger charge is 1.99. The van der Waals surface area contributed by atoms with E-state index in [0.717, 1.165) is 17.6 Å². The Kier molecular flexibility index (Phi) is 6.44. The molecule has 0 radical (unpaired) electrons. The minimum atomic E-state index is -0.358. The predicted octanol–water partition coefficient (Wildman–Crippen LogP) is 2.35. The van der Waals surface area contributed by atoms with Crippen LogP contribution >= 0.6 is 27.3 Å². The van der Waals surface area contributed by atoms with Crippen molar-refractivity contribution in [3.63, 3.8) is 0 Å². The number of rotatable bonds is 6. The maximum atomic E-state index is 10.9. The lowest BCUT2D eigenvalue weighted by Crippen LogP contribution is -2.31. The van der Waals surface area contributed by atoms with Crippen molar-refractivity contribution in [2.24, 2.45) is 0 Å². The van der Waals surface area contributed by atoms with Gasteiger partial charge in [-0.05, 0) is 28.9 Å². The van der Waals surface area contributed by atoms with Gasteiger partial charge >= 0.3 is 6.09 Å². The number of hydrogen-bond acceptors (Lipinski definition) is 4. The highest BCUT2D eigenvalue weighted by atomic mass is 79.9. The molecule has 1 rings (SSSR count). The number of nitrogens with one attached hydrogen (secondary N) is 2. The SMILES string of the molecule is CCOC(=O)NCCNCc1cc(Br)cs1. The Morgan fingerprint density at radius 2 is 2.38 bits per heavy atom. The Balaban J connectivity index is 2.02. The van der Waals surface area contributed by atoms with E-state index in [0.29, 0.717) is 13.2 Å². The molecule has 16 heavy (non-hydrogen) atoms. The van der Waals surface area contributed by atoms with Crippen LogP contribution in [0.15, 0.2) is 15.9 Å². The molecule has 0 atom stereocenters. The fourth-order valence-corrected chi connectivity index (χ4v) is 2.51. The Bertz CT molecular complexity index is 330. The fourth-order valence-electron chi connectivity index (χ4n) is 1.09. The van der Waals surface area contributed by atoms with Crippen LogP contribution in [0.3, 0.4) is 0 Å². The van der Waals surface area contributed by atoms with Crippen molar-refractivity contribution in [2.45, 2.75) is 13.5 Å². The lowest BCUT2D eigenvalue weighted by molar-refractivity contribution is 0.152. The summed E-state index contributed by atoms with van der Waals surface area (Å²) in [5.41, 5.74) is 0. The first-order valence-corrected chi connectivity index (χ1v) is 6.74. The van der Waals surface area contributed by atoms with E-state index in [1.165, 1.54) is 4.88 Å². The van der Waals surface area contributed by atoms with Crippen LogP contribution in [0.2, 0.25) is 0 Å². The van der Waals surface area contributed by atoms with Crippen molar-refractivity contribution >= 4 is 33.4 Å². The number of hydrogen-bond donors (Lipinski definition) is 2. The molecule has 1 aromatic heterocycles. The number of halogens is 1. The summed E-state index contributed by atoms with van der Waals surface area (Å²) in [4.78, 5) is 12.2. The maximum absolute atomic E-state index is 10.9. The molecule has 2 N–H and O–H groups in total. The number of carbonyl (C=O) groups is 1. The van der Waals surface area contributed by atoms with E-state index in [-0.39, 0.29) is 6.09 Å². The van der Waals surface area contributed by atoms with Crippen LogP contribution in [-0.4, -0.2) is 25.8 Å².